The third-order valence-electron chi connectivity index (χ3n) is 2.58. The summed E-state index contributed by atoms with van der Waals surface area (Å²) in [6, 6.07) is 1.53. The highest BCUT2D eigenvalue weighted by atomic mass is 32.1. The molecule has 0 aliphatic heterocycles. The van der Waals surface area contributed by atoms with E-state index in [-0.39, 0.29) is 0 Å². The number of rotatable bonds is 5. The molecule has 0 N–H and O–H groups in total. The minimum atomic E-state index is -0.959. The highest BCUT2D eigenvalue weighted by Crippen LogP contribution is 2.30. The molecule has 6 nitrogen and oxygen atoms in total. The van der Waals surface area contributed by atoms with Crippen molar-refractivity contribution in [2.75, 3.05) is 0 Å². The van der Waals surface area contributed by atoms with E-state index >= 15 is 0 Å². The molecule has 88 valence electrons. The van der Waals surface area contributed by atoms with Crippen LogP contribution in [-0.2, 0) is 0 Å². The maximum atomic E-state index is 10.8. The highest BCUT2D eigenvalue weighted by Gasteiger charge is 2.40. The maximum Gasteiger partial charge on any atom is 0.224 e. The van der Waals surface area contributed by atoms with Crippen molar-refractivity contribution >= 4 is 11.3 Å². The molecule has 16 heavy (non-hydrogen) atoms. The van der Waals surface area contributed by atoms with Crippen molar-refractivity contribution in [1.29, 1.82) is 0 Å². The molecule has 7 heteroatoms. The van der Waals surface area contributed by atoms with Crippen molar-refractivity contribution in [2.24, 2.45) is 0 Å². The lowest BCUT2D eigenvalue weighted by Gasteiger charge is -2.17. The average molecular weight is 244 g/mol. The topological polar surface area (TPSA) is 86.3 Å². The van der Waals surface area contributed by atoms with Gasteiger partial charge in [0.1, 0.15) is 5.92 Å². The Kier molecular flexibility index (Phi) is 3.94. The first kappa shape index (κ1) is 12.6. The molecule has 0 amide bonds. The Labute approximate surface area is 96.2 Å². The molecular formula is C9H12N2O4S. The molecule has 1 aromatic heterocycles. The summed E-state index contributed by atoms with van der Waals surface area (Å²) in [7, 11) is 0. The lowest BCUT2D eigenvalue weighted by molar-refractivity contribution is -0.561. The second-order valence-corrected chi connectivity index (χ2v) is 4.57. The minimum Gasteiger partial charge on any atom is -0.264 e. The van der Waals surface area contributed by atoms with Gasteiger partial charge in [0.15, 0.2) is 0 Å². The van der Waals surface area contributed by atoms with Crippen LogP contribution in [0.4, 0.5) is 0 Å². The maximum absolute atomic E-state index is 10.8. The summed E-state index contributed by atoms with van der Waals surface area (Å²) in [5.41, 5.74) is 0. The van der Waals surface area contributed by atoms with E-state index < -0.39 is 27.8 Å². The van der Waals surface area contributed by atoms with Gasteiger partial charge in [-0.25, -0.2) is 0 Å². The van der Waals surface area contributed by atoms with Crippen LogP contribution in [0.3, 0.4) is 0 Å². The van der Waals surface area contributed by atoms with Crippen molar-refractivity contribution in [3.8, 4) is 0 Å². The first-order chi connectivity index (χ1) is 7.45. The van der Waals surface area contributed by atoms with Crippen molar-refractivity contribution < 1.29 is 9.85 Å². The van der Waals surface area contributed by atoms with Gasteiger partial charge in [-0.05, 0) is 11.4 Å². The second-order valence-electron chi connectivity index (χ2n) is 3.59. The van der Waals surface area contributed by atoms with Crippen LogP contribution in [0.5, 0.6) is 0 Å². The summed E-state index contributed by atoms with van der Waals surface area (Å²) >= 11 is 1.31. The fourth-order valence-electron chi connectivity index (χ4n) is 1.62. The Balaban J connectivity index is 3.03. The SMILES string of the molecule is C[C@H](C(c1cccs1)[C@H](C)[N+](=O)[O-])[N+](=O)[O-]. The van der Waals surface area contributed by atoms with E-state index in [2.05, 4.69) is 0 Å². The lowest BCUT2D eigenvalue weighted by atomic mass is 9.93. The zero-order valence-corrected chi connectivity index (χ0v) is 9.72. The molecule has 0 aliphatic rings. The average Bonchev–Trinajstić information content (AvgIpc) is 2.70. The van der Waals surface area contributed by atoms with E-state index in [0.717, 1.165) is 0 Å². The molecule has 0 bridgehead atoms. The largest absolute Gasteiger partial charge is 0.264 e. The van der Waals surface area contributed by atoms with Crippen LogP contribution in [-0.4, -0.2) is 21.9 Å². The zero-order valence-electron chi connectivity index (χ0n) is 8.90. The van der Waals surface area contributed by atoms with Gasteiger partial charge in [0, 0.05) is 28.6 Å². The predicted octanol–water partition coefficient (Wildman–Crippen LogP) is 2.16. The van der Waals surface area contributed by atoms with E-state index in [1.54, 1.807) is 17.5 Å². The number of nitrogens with zero attached hydrogens (tertiary/aromatic N) is 2. The third-order valence-corrected chi connectivity index (χ3v) is 3.55. The number of hydrogen-bond donors (Lipinski definition) is 0. The standard InChI is InChI=1S/C9H12N2O4S/c1-6(10(12)13)9(7(2)11(14)15)8-4-3-5-16-8/h3-7,9H,1-2H3/t6-,7+,9?. The molecule has 0 aliphatic carbocycles. The Bertz CT molecular complexity index is 359. The summed E-state index contributed by atoms with van der Waals surface area (Å²) in [6.07, 6.45) is 0. The fraction of sp³-hybridized carbons (Fsp3) is 0.556. The van der Waals surface area contributed by atoms with Crippen molar-refractivity contribution in [1.82, 2.24) is 0 Å². The van der Waals surface area contributed by atoms with Gasteiger partial charge in [-0.1, -0.05) is 6.07 Å². The van der Waals surface area contributed by atoms with Crippen molar-refractivity contribution in [3.05, 3.63) is 42.6 Å². The van der Waals surface area contributed by atoms with Gasteiger partial charge in [0.25, 0.3) is 0 Å². The van der Waals surface area contributed by atoms with Crippen LogP contribution in [0.15, 0.2) is 17.5 Å². The lowest BCUT2D eigenvalue weighted by Crippen LogP contribution is -2.35. The summed E-state index contributed by atoms with van der Waals surface area (Å²) in [4.78, 5) is 21.3. The van der Waals surface area contributed by atoms with Crippen molar-refractivity contribution in [2.45, 2.75) is 31.8 Å². The molecule has 1 aromatic rings. The monoisotopic (exact) mass is 244 g/mol. The Morgan fingerprint density at radius 3 is 2.00 bits per heavy atom. The van der Waals surface area contributed by atoms with Crippen LogP contribution in [0, 0.1) is 20.2 Å². The van der Waals surface area contributed by atoms with Gasteiger partial charge in [0.2, 0.25) is 12.1 Å². The summed E-state index contributed by atoms with van der Waals surface area (Å²) in [6.45, 7) is 2.81. The smallest absolute Gasteiger partial charge is 0.224 e. The van der Waals surface area contributed by atoms with E-state index in [1.807, 2.05) is 0 Å². The third kappa shape index (κ3) is 2.54. The van der Waals surface area contributed by atoms with Gasteiger partial charge in [-0.3, -0.25) is 20.2 Å². The molecule has 0 aromatic carbocycles. The molecule has 0 saturated carbocycles. The molecule has 1 unspecified atom stereocenters. The zero-order chi connectivity index (χ0) is 12.3. The highest BCUT2D eigenvalue weighted by molar-refractivity contribution is 7.10. The summed E-state index contributed by atoms with van der Waals surface area (Å²) in [5, 5.41) is 23.3. The fourth-order valence-corrected chi connectivity index (χ4v) is 2.64. The minimum absolute atomic E-state index is 0.468. The predicted molar refractivity (Wildman–Crippen MR) is 60.0 cm³/mol. The number of thiophene rings is 1. The Hall–Kier alpha value is -1.50. The Morgan fingerprint density at radius 1 is 1.19 bits per heavy atom. The van der Waals surface area contributed by atoms with Crippen LogP contribution in [0.2, 0.25) is 0 Å². The molecule has 3 atom stereocenters. The van der Waals surface area contributed by atoms with Crippen LogP contribution in [0.1, 0.15) is 24.6 Å². The van der Waals surface area contributed by atoms with Crippen molar-refractivity contribution in [3.63, 3.8) is 0 Å². The number of hydrogen-bond acceptors (Lipinski definition) is 5. The molecule has 0 radical (unpaired) electrons. The van der Waals surface area contributed by atoms with Gasteiger partial charge < -0.3 is 0 Å². The van der Waals surface area contributed by atoms with E-state index in [9.17, 15) is 20.2 Å². The molecule has 0 saturated heterocycles. The molecule has 1 heterocycles. The Morgan fingerprint density at radius 2 is 1.69 bits per heavy atom. The van der Waals surface area contributed by atoms with Gasteiger partial charge in [0.05, 0.1) is 0 Å². The first-order valence-electron chi connectivity index (χ1n) is 4.75. The van der Waals surface area contributed by atoms with Crippen LogP contribution >= 0.6 is 11.3 Å². The summed E-state index contributed by atoms with van der Waals surface area (Å²) < 4.78 is 0. The second kappa shape index (κ2) is 5.02. The number of nitro groups is 2. The molecule has 0 fully saturated rings. The molecule has 0 spiro atoms. The van der Waals surface area contributed by atoms with E-state index in [1.165, 1.54) is 25.2 Å². The van der Waals surface area contributed by atoms with Crippen LogP contribution in [0.25, 0.3) is 0 Å². The normalized spacial score (nSPS) is 16.4. The van der Waals surface area contributed by atoms with E-state index in [0.29, 0.717) is 4.88 Å². The van der Waals surface area contributed by atoms with Gasteiger partial charge in [-0.15, -0.1) is 11.3 Å². The van der Waals surface area contributed by atoms with Crippen LogP contribution < -0.4 is 0 Å². The quantitative estimate of drug-likeness (QED) is 0.586. The van der Waals surface area contributed by atoms with E-state index in [4.69, 9.17) is 0 Å². The molecular weight excluding hydrogens is 232 g/mol. The summed E-state index contributed by atoms with van der Waals surface area (Å²) in [5.74, 6) is -0.676. The van der Waals surface area contributed by atoms with Gasteiger partial charge in [-0.2, -0.15) is 0 Å². The van der Waals surface area contributed by atoms with Gasteiger partial charge >= 0.3 is 0 Å². The molecule has 1 rings (SSSR count). The first-order valence-corrected chi connectivity index (χ1v) is 5.63.